The molecule has 0 atom stereocenters. The number of nitrogens with one attached hydrogen (secondary N) is 2. The molecule has 0 fully saturated rings. The van der Waals surface area contributed by atoms with Gasteiger partial charge in [0.15, 0.2) is 5.76 Å². The first kappa shape index (κ1) is 15.3. The molecule has 2 amide bonds. The normalized spacial score (nSPS) is 10.5. The summed E-state index contributed by atoms with van der Waals surface area (Å²) in [6.45, 7) is 1.80. The smallest absolute Gasteiger partial charge is 0.305 e. The fraction of sp³-hybridized carbons (Fsp3) is 0.0588. The first-order valence-corrected chi connectivity index (χ1v) is 7.70. The highest BCUT2D eigenvalue weighted by atomic mass is 79.9. The molecule has 0 radical (unpaired) electrons. The lowest BCUT2D eigenvalue weighted by Gasteiger charge is -2.07. The summed E-state index contributed by atoms with van der Waals surface area (Å²) in [5.74, 6) is -0.739. The van der Waals surface area contributed by atoms with E-state index in [4.69, 9.17) is 4.42 Å². The molecule has 0 aliphatic carbocycles. The molecule has 0 saturated heterocycles. The Hall–Kier alpha value is -2.60. The van der Waals surface area contributed by atoms with Crippen molar-refractivity contribution in [3.05, 3.63) is 69.9 Å². The Bertz CT molecular complexity index is 902. The predicted octanol–water partition coefficient (Wildman–Crippen LogP) is 3.58. The highest BCUT2D eigenvalue weighted by molar-refractivity contribution is 9.10. The van der Waals surface area contributed by atoms with Crippen LogP contribution in [0.2, 0.25) is 0 Å². The van der Waals surface area contributed by atoms with Crippen LogP contribution in [0, 0.1) is 6.92 Å². The summed E-state index contributed by atoms with van der Waals surface area (Å²) in [5.41, 5.74) is 6.54. The number of aryl methyl sites for hydroxylation is 1. The minimum absolute atomic E-state index is 0.179. The zero-order valence-electron chi connectivity index (χ0n) is 12.2. The van der Waals surface area contributed by atoms with Crippen LogP contribution in [0.1, 0.15) is 26.5 Å². The zero-order chi connectivity index (χ0) is 16.4. The number of benzene rings is 2. The van der Waals surface area contributed by atoms with Gasteiger partial charge in [0.25, 0.3) is 5.91 Å². The zero-order valence-corrected chi connectivity index (χ0v) is 13.8. The number of hydrazine groups is 1. The van der Waals surface area contributed by atoms with Gasteiger partial charge in [-0.2, -0.15) is 0 Å². The van der Waals surface area contributed by atoms with Crippen LogP contribution in [0.4, 0.5) is 0 Å². The highest BCUT2D eigenvalue weighted by Gasteiger charge is 2.18. The topological polar surface area (TPSA) is 71.3 Å². The van der Waals surface area contributed by atoms with E-state index >= 15 is 0 Å². The minimum atomic E-state index is -0.501. The van der Waals surface area contributed by atoms with Crippen LogP contribution in [-0.4, -0.2) is 11.8 Å². The van der Waals surface area contributed by atoms with Gasteiger partial charge in [-0.15, -0.1) is 0 Å². The Labute approximate surface area is 140 Å². The van der Waals surface area contributed by atoms with Crippen molar-refractivity contribution >= 4 is 38.7 Å². The molecule has 6 heteroatoms. The van der Waals surface area contributed by atoms with E-state index in [0.29, 0.717) is 15.6 Å². The van der Waals surface area contributed by atoms with Crippen LogP contribution >= 0.6 is 15.9 Å². The number of halogens is 1. The molecule has 2 N–H and O–H groups in total. The summed E-state index contributed by atoms with van der Waals surface area (Å²) < 4.78 is 6.19. The lowest BCUT2D eigenvalue weighted by atomic mass is 10.1. The van der Waals surface area contributed by atoms with Gasteiger partial charge in [0, 0.05) is 15.4 Å². The van der Waals surface area contributed by atoms with E-state index in [-0.39, 0.29) is 5.76 Å². The standard InChI is InChI=1S/C17H13BrN2O3/c1-10-11-6-3-5-9-14(11)23-15(10)17(22)20-19-16(21)12-7-2-4-8-13(12)18/h2-9H,1H3,(H,19,21)(H,20,22). The van der Waals surface area contributed by atoms with E-state index in [1.807, 2.05) is 18.2 Å². The third-order valence-corrected chi connectivity index (χ3v) is 4.15. The van der Waals surface area contributed by atoms with Crippen molar-refractivity contribution in [1.29, 1.82) is 0 Å². The van der Waals surface area contributed by atoms with E-state index in [1.165, 1.54) is 0 Å². The van der Waals surface area contributed by atoms with Crippen molar-refractivity contribution in [3.8, 4) is 0 Å². The number of carbonyl (C=O) groups is 2. The molecule has 0 saturated carbocycles. The van der Waals surface area contributed by atoms with Gasteiger partial charge in [0.2, 0.25) is 0 Å². The van der Waals surface area contributed by atoms with Gasteiger partial charge in [-0.3, -0.25) is 20.4 Å². The predicted molar refractivity (Wildman–Crippen MR) is 90.0 cm³/mol. The first-order valence-electron chi connectivity index (χ1n) is 6.91. The molecule has 0 aliphatic heterocycles. The van der Waals surface area contributed by atoms with Crippen LogP contribution in [0.25, 0.3) is 11.0 Å². The molecule has 1 heterocycles. The van der Waals surface area contributed by atoms with Crippen LogP contribution in [0.5, 0.6) is 0 Å². The first-order chi connectivity index (χ1) is 11.1. The SMILES string of the molecule is Cc1c(C(=O)NNC(=O)c2ccccc2Br)oc2ccccc12. The molecule has 1 aromatic heterocycles. The number of rotatable bonds is 2. The van der Waals surface area contributed by atoms with Gasteiger partial charge in [0.05, 0.1) is 5.56 Å². The lowest BCUT2D eigenvalue weighted by molar-refractivity contribution is 0.0831. The summed E-state index contributed by atoms with van der Waals surface area (Å²) >= 11 is 3.29. The van der Waals surface area contributed by atoms with Gasteiger partial charge < -0.3 is 4.42 Å². The average molecular weight is 373 g/mol. The Morgan fingerprint density at radius 1 is 0.957 bits per heavy atom. The third kappa shape index (κ3) is 2.98. The third-order valence-electron chi connectivity index (χ3n) is 3.46. The second-order valence-electron chi connectivity index (χ2n) is 4.94. The van der Waals surface area contributed by atoms with Crippen LogP contribution in [-0.2, 0) is 0 Å². The van der Waals surface area contributed by atoms with Crippen LogP contribution in [0.15, 0.2) is 57.4 Å². The second-order valence-corrected chi connectivity index (χ2v) is 5.79. The van der Waals surface area contributed by atoms with Gasteiger partial charge in [-0.05, 0) is 41.1 Å². The maximum Gasteiger partial charge on any atom is 0.305 e. The molecule has 116 valence electrons. The van der Waals surface area contributed by atoms with Gasteiger partial charge in [-0.1, -0.05) is 30.3 Å². The maximum absolute atomic E-state index is 12.2. The fourth-order valence-electron chi connectivity index (χ4n) is 2.27. The molecule has 0 unspecified atom stereocenters. The lowest BCUT2D eigenvalue weighted by Crippen LogP contribution is -2.41. The second kappa shape index (κ2) is 6.26. The van der Waals surface area contributed by atoms with Gasteiger partial charge in [0.1, 0.15) is 5.58 Å². The van der Waals surface area contributed by atoms with Crippen LogP contribution in [0.3, 0.4) is 0 Å². The summed E-state index contributed by atoms with van der Waals surface area (Å²) in [5, 5.41) is 0.870. The van der Waals surface area contributed by atoms with E-state index < -0.39 is 11.8 Å². The molecule has 3 rings (SSSR count). The number of fused-ring (bicyclic) bond motifs is 1. The molecule has 5 nitrogen and oxygen atoms in total. The Morgan fingerprint density at radius 3 is 2.35 bits per heavy atom. The Kier molecular flexibility index (Phi) is 4.16. The molecule has 2 aromatic carbocycles. The molecule has 3 aromatic rings. The summed E-state index contributed by atoms with van der Waals surface area (Å²) in [6.07, 6.45) is 0. The quantitative estimate of drug-likeness (QED) is 0.675. The number of hydrogen-bond donors (Lipinski definition) is 2. The molecule has 0 aliphatic rings. The summed E-state index contributed by atoms with van der Waals surface area (Å²) in [7, 11) is 0. The van der Waals surface area contributed by atoms with Crippen molar-refractivity contribution in [2.24, 2.45) is 0 Å². The number of furan rings is 1. The number of amides is 2. The fourth-order valence-corrected chi connectivity index (χ4v) is 2.74. The van der Waals surface area contributed by atoms with Crippen molar-refractivity contribution in [2.75, 3.05) is 0 Å². The number of hydrogen-bond acceptors (Lipinski definition) is 3. The molecule has 23 heavy (non-hydrogen) atoms. The van der Waals surface area contributed by atoms with E-state index in [2.05, 4.69) is 26.8 Å². The summed E-state index contributed by atoms with van der Waals surface area (Å²) in [6, 6.07) is 14.3. The number of carbonyl (C=O) groups excluding carboxylic acids is 2. The molecule has 0 bridgehead atoms. The average Bonchev–Trinajstić information content (AvgIpc) is 2.90. The number of para-hydroxylation sites is 1. The molecular formula is C17H13BrN2O3. The van der Waals surface area contributed by atoms with E-state index in [0.717, 1.165) is 10.9 Å². The van der Waals surface area contributed by atoms with Gasteiger partial charge >= 0.3 is 5.91 Å². The van der Waals surface area contributed by atoms with Crippen molar-refractivity contribution < 1.29 is 14.0 Å². The monoisotopic (exact) mass is 372 g/mol. The Morgan fingerprint density at radius 2 is 1.61 bits per heavy atom. The van der Waals surface area contributed by atoms with Crippen molar-refractivity contribution in [2.45, 2.75) is 6.92 Å². The maximum atomic E-state index is 12.2. The Balaban J connectivity index is 1.75. The van der Waals surface area contributed by atoms with Crippen molar-refractivity contribution in [1.82, 2.24) is 10.9 Å². The summed E-state index contributed by atoms with van der Waals surface area (Å²) in [4.78, 5) is 24.3. The van der Waals surface area contributed by atoms with Crippen LogP contribution < -0.4 is 10.9 Å². The van der Waals surface area contributed by atoms with Crippen molar-refractivity contribution in [3.63, 3.8) is 0 Å². The largest absolute Gasteiger partial charge is 0.451 e. The molecule has 0 spiro atoms. The minimum Gasteiger partial charge on any atom is -0.451 e. The molecular weight excluding hydrogens is 360 g/mol. The van der Waals surface area contributed by atoms with Gasteiger partial charge in [-0.25, -0.2) is 0 Å². The highest BCUT2D eigenvalue weighted by Crippen LogP contribution is 2.24. The van der Waals surface area contributed by atoms with E-state index in [1.54, 1.807) is 37.3 Å². The van der Waals surface area contributed by atoms with E-state index in [9.17, 15) is 9.59 Å².